The molecule has 6 rings (SSSR count). The average molecular weight is 610 g/mol. The fourth-order valence-electron chi connectivity index (χ4n) is 5.54. The maximum atomic E-state index is 12.9. The monoisotopic (exact) mass is 612 g/mol. The summed E-state index contributed by atoms with van der Waals surface area (Å²) in [5.74, 6) is -0.780. The molecule has 0 bridgehead atoms. The second-order valence-electron chi connectivity index (χ2n) is 10.3. The Labute approximate surface area is 223 Å². The number of carbonyl (C=O) groups is 2. The van der Waals surface area contributed by atoms with Crippen molar-refractivity contribution in [1.82, 2.24) is 4.90 Å². The van der Waals surface area contributed by atoms with Gasteiger partial charge < -0.3 is 0 Å². The molecule has 0 aliphatic carbocycles. The summed E-state index contributed by atoms with van der Waals surface area (Å²) in [6.07, 6.45) is 1.72. The number of aliphatic imine (C=N–C) groups is 1. The summed E-state index contributed by atoms with van der Waals surface area (Å²) in [5.41, 5.74) is 4.98. The summed E-state index contributed by atoms with van der Waals surface area (Å²) >= 11 is 3.23. The van der Waals surface area contributed by atoms with Crippen LogP contribution in [0.3, 0.4) is 0 Å². The van der Waals surface area contributed by atoms with E-state index in [0.29, 0.717) is 3.88 Å². The number of thiophene rings is 1. The van der Waals surface area contributed by atoms with E-state index in [9.17, 15) is 9.59 Å². The van der Waals surface area contributed by atoms with Gasteiger partial charge in [-0.15, -0.1) is 0 Å². The molecule has 3 aromatic rings. The molecular weight excluding hydrogens is 586 g/mol. The van der Waals surface area contributed by atoms with E-state index in [1.165, 1.54) is 37.8 Å². The minimum atomic E-state index is -1.89. The van der Waals surface area contributed by atoms with E-state index in [0.717, 1.165) is 9.88 Å². The van der Waals surface area contributed by atoms with Gasteiger partial charge in [0.1, 0.15) is 0 Å². The minimum absolute atomic E-state index is 0.113. The normalized spacial score (nSPS) is 20.4. The van der Waals surface area contributed by atoms with Gasteiger partial charge in [-0.2, -0.15) is 0 Å². The molecule has 1 aromatic heterocycles. The van der Waals surface area contributed by atoms with Crippen LogP contribution in [0.5, 0.6) is 0 Å². The van der Waals surface area contributed by atoms with Crippen LogP contribution in [0, 0.1) is 0 Å². The fraction of sp³-hybridized carbons (Fsp3) is 0.222. The SMILES string of the molecule is CN1C(=O)/C(=C/c2cc3c(s2)N2c4ccccc4[Si](C)(C)c4cccc(c42)C3(C)C)C(=O)N=C1[Te]. The molecule has 3 aliphatic heterocycles. The zero-order chi connectivity index (χ0) is 24.9. The first-order valence-corrected chi connectivity index (χ1v) is 16.5. The van der Waals surface area contributed by atoms with Gasteiger partial charge in [-0.25, -0.2) is 0 Å². The summed E-state index contributed by atoms with van der Waals surface area (Å²) in [5, 5.41) is 4.03. The van der Waals surface area contributed by atoms with Crippen molar-refractivity contribution in [3.63, 3.8) is 0 Å². The Morgan fingerprint density at radius 1 is 1.03 bits per heavy atom. The van der Waals surface area contributed by atoms with Gasteiger partial charge in [0.05, 0.1) is 0 Å². The van der Waals surface area contributed by atoms with Crippen LogP contribution in [0.25, 0.3) is 6.08 Å². The Morgan fingerprint density at radius 3 is 2.51 bits per heavy atom. The Balaban J connectivity index is 1.60. The number of nitrogens with zero attached hydrogens (tertiary/aromatic N) is 3. The molecule has 0 atom stereocenters. The average Bonchev–Trinajstić information content (AvgIpc) is 3.25. The second-order valence-corrected chi connectivity index (χ2v) is 16.7. The number of hydrogen-bond donors (Lipinski definition) is 0. The van der Waals surface area contributed by atoms with Gasteiger partial charge >= 0.3 is 205 Å². The summed E-state index contributed by atoms with van der Waals surface area (Å²) in [4.78, 5) is 34.3. The van der Waals surface area contributed by atoms with Crippen molar-refractivity contribution >= 4 is 90.2 Å². The molecule has 0 fully saturated rings. The third-order valence-corrected chi connectivity index (χ3v) is 13.2. The number of anilines is 3. The van der Waals surface area contributed by atoms with Crippen LogP contribution in [0.2, 0.25) is 13.1 Å². The van der Waals surface area contributed by atoms with Crippen LogP contribution in [-0.2, 0) is 15.0 Å². The predicted octanol–water partition coefficient (Wildman–Crippen LogP) is 3.90. The van der Waals surface area contributed by atoms with Crippen molar-refractivity contribution in [3.05, 3.63) is 70.1 Å². The molecule has 0 N–H and O–H groups in total. The molecule has 0 saturated carbocycles. The summed E-state index contributed by atoms with van der Waals surface area (Å²) < 4.78 is 0.430. The summed E-state index contributed by atoms with van der Waals surface area (Å²) in [7, 11) is -0.236. The number of benzene rings is 2. The van der Waals surface area contributed by atoms with Crippen molar-refractivity contribution in [1.29, 1.82) is 0 Å². The number of carbonyl (C=O) groups excluding carboxylic acids is 2. The van der Waals surface area contributed by atoms with Gasteiger partial charge in [-0.05, 0) is 0 Å². The first-order chi connectivity index (χ1) is 16.5. The van der Waals surface area contributed by atoms with Crippen LogP contribution in [0.1, 0.15) is 29.9 Å². The third-order valence-electron chi connectivity index (χ3n) is 7.57. The van der Waals surface area contributed by atoms with Crippen molar-refractivity contribution in [2.75, 3.05) is 11.9 Å². The van der Waals surface area contributed by atoms with Crippen LogP contribution in [0.4, 0.5) is 16.4 Å². The standard InChI is InChI=1S/C27H24N3O2SSiTe/c1-27(2)17-9-8-12-21-22(17)30(19-10-6-7-11-20(19)34(21,4)5)25-18(27)14-15(33-25)13-16-23(31)28-26(35)29(3)24(16)32/h6-14H,1-5H3/b16-13+. The van der Waals surface area contributed by atoms with E-state index in [1.807, 2.05) is 0 Å². The van der Waals surface area contributed by atoms with E-state index in [1.54, 1.807) is 46.8 Å². The van der Waals surface area contributed by atoms with Gasteiger partial charge in [0.2, 0.25) is 0 Å². The van der Waals surface area contributed by atoms with E-state index in [4.69, 9.17) is 0 Å². The van der Waals surface area contributed by atoms with Gasteiger partial charge in [0, 0.05) is 0 Å². The van der Waals surface area contributed by atoms with E-state index in [2.05, 4.69) is 85.4 Å². The molecular formula is C27H24N3O2SSiTe. The van der Waals surface area contributed by atoms with Crippen molar-refractivity contribution in [2.24, 2.45) is 4.99 Å². The Bertz CT molecular complexity index is 1530. The molecule has 0 saturated heterocycles. The maximum absolute atomic E-state index is 12.9. The molecule has 1 radical (unpaired) electrons. The molecule has 3 aliphatic rings. The van der Waals surface area contributed by atoms with Crippen molar-refractivity contribution in [2.45, 2.75) is 32.4 Å². The molecule has 5 nitrogen and oxygen atoms in total. The van der Waals surface area contributed by atoms with Crippen LogP contribution in [0.15, 0.2) is 59.1 Å². The molecule has 4 heterocycles. The second kappa shape index (κ2) is 7.50. The van der Waals surface area contributed by atoms with Gasteiger partial charge in [0.15, 0.2) is 0 Å². The van der Waals surface area contributed by atoms with Crippen LogP contribution in [-0.4, -0.2) is 58.0 Å². The number of fused-ring (bicyclic) bond motifs is 4. The third kappa shape index (κ3) is 3.07. The van der Waals surface area contributed by atoms with Gasteiger partial charge in [0.25, 0.3) is 0 Å². The first-order valence-electron chi connectivity index (χ1n) is 11.5. The van der Waals surface area contributed by atoms with Crippen molar-refractivity contribution < 1.29 is 9.59 Å². The van der Waals surface area contributed by atoms with Crippen molar-refractivity contribution in [3.8, 4) is 0 Å². The first kappa shape index (κ1) is 22.9. The van der Waals surface area contributed by atoms with Gasteiger partial charge in [-0.3, -0.25) is 0 Å². The fourth-order valence-corrected chi connectivity index (χ4v) is 10.3. The van der Waals surface area contributed by atoms with Gasteiger partial charge in [-0.1, -0.05) is 19.2 Å². The summed E-state index contributed by atoms with van der Waals surface area (Å²) in [6.45, 7) is 9.42. The Morgan fingerprint density at radius 2 is 1.74 bits per heavy atom. The zero-order valence-corrected chi connectivity index (χ0v) is 24.3. The Hall–Kier alpha value is -2.50. The van der Waals surface area contributed by atoms with E-state index >= 15 is 0 Å². The number of amides is 2. The predicted molar refractivity (Wildman–Crippen MR) is 147 cm³/mol. The molecule has 35 heavy (non-hydrogen) atoms. The molecule has 0 spiro atoms. The number of hydrogen-bond acceptors (Lipinski definition) is 4. The van der Waals surface area contributed by atoms with Crippen LogP contribution < -0.4 is 15.3 Å². The number of likely N-dealkylation sites (N-methyl/N-ethyl adjacent to an activating group) is 1. The van der Waals surface area contributed by atoms with E-state index < -0.39 is 14.0 Å². The van der Waals surface area contributed by atoms with Crippen LogP contribution >= 0.6 is 11.3 Å². The summed E-state index contributed by atoms with van der Waals surface area (Å²) in [6, 6.07) is 17.7. The molecule has 2 amide bonds. The topological polar surface area (TPSA) is 53.0 Å². The quantitative estimate of drug-likeness (QED) is 0.239. The van der Waals surface area contributed by atoms with E-state index in [-0.39, 0.29) is 16.9 Å². The number of amidine groups is 1. The number of para-hydroxylation sites is 2. The molecule has 175 valence electrons. The molecule has 0 unspecified atom stereocenters. The zero-order valence-electron chi connectivity index (χ0n) is 20.2. The number of rotatable bonds is 1. The molecule has 2 aromatic carbocycles. The molecule has 8 heteroatoms. The Kier molecular flexibility index (Phi) is 4.91.